The lowest BCUT2D eigenvalue weighted by Crippen LogP contribution is -2.33. The van der Waals surface area contributed by atoms with Crippen molar-refractivity contribution in [2.24, 2.45) is 0 Å². The molecule has 4 aromatic rings. The van der Waals surface area contributed by atoms with E-state index >= 15 is 0 Å². The number of nitrogens with zero attached hydrogens (tertiary/aromatic N) is 4. The fraction of sp³-hybridized carbons (Fsp3) is 0.333. The van der Waals surface area contributed by atoms with Crippen molar-refractivity contribution in [1.29, 1.82) is 0 Å². The Morgan fingerprint density at radius 3 is 2.49 bits per heavy atom. The van der Waals surface area contributed by atoms with Crippen molar-refractivity contribution in [3.8, 4) is 0 Å². The largest absolute Gasteiger partial charge is 0.308 e. The van der Waals surface area contributed by atoms with E-state index in [-0.39, 0.29) is 5.56 Å². The highest BCUT2D eigenvalue weighted by Gasteiger charge is 2.14. The number of fused-ring (bicyclic) bond motifs is 1. The molecule has 0 unspecified atom stereocenters. The van der Waals surface area contributed by atoms with E-state index in [1.807, 2.05) is 55.9 Å². The summed E-state index contributed by atoms with van der Waals surface area (Å²) in [6.07, 6.45) is 1.43. The number of hydrogen-bond acceptors (Lipinski definition) is 5. The summed E-state index contributed by atoms with van der Waals surface area (Å²) in [5.41, 5.74) is 1.78. The fourth-order valence-corrected chi connectivity index (χ4v) is 4.85. The lowest BCUT2D eigenvalue weighted by molar-refractivity contribution is 0.230. The molecule has 0 aliphatic rings. The van der Waals surface area contributed by atoms with Crippen LogP contribution in [0, 0.1) is 11.6 Å². The lowest BCUT2D eigenvalue weighted by atomic mass is 10.1. The first-order valence-electron chi connectivity index (χ1n) is 11.7. The van der Waals surface area contributed by atoms with Gasteiger partial charge in [-0.25, -0.2) is 13.8 Å². The zero-order valence-electron chi connectivity index (χ0n) is 20.1. The number of halogens is 2. The van der Waals surface area contributed by atoms with Gasteiger partial charge in [-0.1, -0.05) is 36.4 Å². The zero-order valence-corrected chi connectivity index (χ0v) is 20.9. The molecule has 2 heterocycles. The van der Waals surface area contributed by atoms with Gasteiger partial charge in [0.25, 0.3) is 5.56 Å². The maximum absolute atomic E-state index is 13.7. The number of rotatable bonds is 11. The maximum Gasteiger partial charge on any atom is 0.262 e. The number of aromatic nitrogens is 2. The van der Waals surface area contributed by atoms with Crippen LogP contribution in [0.2, 0.25) is 0 Å². The highest BCUT2D eigenvalue weighted by molar-refractivity contribution is 7.16. The molecule has 0 aliphatic heterocycles. The summed E-state index contributed by atoms with van der Waals surface area (Å²) < 4.78 is 28.9. The highest BCUT2D eigenvalue weighted by Crippen LogP contribution is 2.17. The van der Waals surface area contributed by atoms with Crippen LogP contribution in [0.15, 0.2) is 64.8 Å². The summed E-state index contributed by atoms with van der Waals surface area (Å²) in [6, 6.07) is 15.8. The van der Waals surface area contributed by atoms with Crippen molar-refractivity contribution >= 4 is 21.6 Å². The number of likely N-dealkylation sites (N-methyl/N-ethyl adjacent to an activating group) is 1. The molecule has 0 aliphatic carbocycles. The molecule has 0 amide bonds. The van der Waals surface area contributed by atoms with E-state index in [1.54, 1.807) is 10.6 Å². The molecule has 0 spiro atoms. The smallest absolute Gasteiger partial charge is 0.262 e. The average Bonchev–Trinajstić information content (AvgIpc) is 3.31. The van der Waals surface area contributed by atoms with Crippen LogP contribution in [-0.4, -0.2) is 53.1 Å². The maximum atomic E-state index is 13.7. The highest BCUT2D eigenvalue weighted by atomic mass is 32.1. The molecular formula is C27H30F2N4OS. The third-order valence-corrected chi connectivity index (χ3v) is 6.78. The number of hydrogen-bond donors (Lipinski definition) is 0. The minimum Gasteiger partial charge on any atom is -0.308 e. The van der Waals surface area contributed by atoms with Crippen LogP contribution in [0.4, 0.5) is 8.78 Å². The number of benzene rings is 2. The molecule has 0 saturated carbocycles. The molecule has 0 bridgehead atoms. The van der Waals surface area contributed by atoms with Crippen LogP contribution >= 0.6 is 11.3 Å². The fourth-order valence-electron chi connectivity index (χ4n) is 4.08. The molecule has 0 fully saturated rings. The van der Waals surface area contributed by atoms with Gasteiger partial charge in [0.2, 0.25) is 0 Å². The van der Waals surface area contributed by atoms with Gasteiger partial charge in [0.1, 0.15) is 10.7 Å². The first kappa shape index (κ1) is 25.2. The van der Waals surface area contributed by atoms with Gasteiger partial charge in [-0.15, -0.1) is 11.3 Å². The molecule has 0 N–H and O–H groups in total. The van der Waals surface area contributed by atoms with Crippen molar-refractivity contribution in [1.82, 2.24) is 19.4 Å². The number of thiophene rings is 1. The molecular weight excluding hydrogens is 466 g/mol. The zero-order chi connectivity index (χ0) is 24.8. The Morgan fingerprint density at radius 1 is 0.943 bits per heavy atom. The lowest BCUT2D eigenvalue weighted by Gasteiger charge is -2.24. The van der Waals surface area contributed by atoms with Crippen molar-refractivity contribution in [2.45, 2.75) is 25.9 Å². The minimum absolute atomic E-state index is 0.0126. The molecule has 0 atom stereocenters. The molecule has 5 nitrogen and oxygen atoms in total. The average molecular weight is 497 g/mol. The molecule has 2 aromatic heterocycles. The van der Waals surface area contributed by atoms with Crippen molar-refractivity contribution < 1.29 is 8.78 Å². The van der Waals surface area contributed by atoms with Crippen LogP contribution in [0.1, 0.15) is 23.4 Å². The second-order valence-corrected chi connectivity index (χ2v) is 9.87. The Hall–Kier alpha value is -2.94. The van der Waals surface area contributed by atoms with E-state index < -0.39 is 11.6 Å². The van der Waals surface area contributed by atoms with Crippen molar-refractivity contribution in [2.75, 3.05) is 33.7 Å². The van der Waals surface area contributed by atoms with Crippen LogP contribution in [-0.2, 0) is 19.5 Å². The van der Waals surface area contributed by atoms with Gasteiger partial charge in [-0.05, 0) is 61.8 Å². The first-order chi connectivity index (χ1) is 16.9. The topological polar surface area (TPSA) is 41.4 Å². The third kappa shape index (κ3) is 6.60. The number of aryl methyl sites for hydroxylation is 1. The van der Waals surface area contributed by atoms with Gasteiger partial charge < -0.3 is 4.90 Å². The first-order valence-corrected chi connectivity index (χ1v) is 12.6. The van der Waals surface area contributed by atoms with Crippen molar-refractivity contribution in [3.05, 3.63) is 98.9 Å². The monoisotopic (exact) mass is 496 g/mol. The molecule has 0 radical (unpaired) electrons. The molecule has 0 saturated heterocycles. The van der Waals surface area contributed by atoms with Gasteiger partial charge in [0.15, 0.2) is 11.6 Å². The molecule has 2 aromatic carbocycles. The SMILES string of the molecule is CN(C)CCN(CCCc1nc2sccc2c(=O)n1Cc1ccccc1)Cc1ccc(F)c(F)c1. The van der Waals surface area contributed by atoms with Crippen molar-refractivity contribution in [3.63, 3.8) is 0 Å². The molecule has 4 rings (SSSR count). The Labute approximate surface area is 208 Å². The van der Waals surface area contributed by atoms with E-state index in [4.69, 9.17) is 4.98 Å². The summed E-state index contributed by atoms with van der Waals surface area (Å²) in [6.45, 7) is 3.39. The quantitative estimate of drug-likeness (QED) is 0.300. The summed E-state index contributed by atoms with van der Waals surface area (Å²) in [4.78, 5) is 23.2. The van der Waals surface area contributed by atoms with Gasteiger partial charge in [-0.3, -0.25) is 14.3 Å². The van der Waals surface area contributed by atoms with Crippen LogP contribution in [0.25, 0.3) is 10.2 Å². The minimum atomic E-state index is -0.833. The standard InChI is InChI=1S/C27H30F2N4OS/c1-31(2)14-15-32(18-21-10-11-23(28)24(29)17-21)13-6-9-25-30-26-22(12-16-35-26)27(34)33(25)19-20-7-4-3-5-8-20/h3-5,7-8,10-12,16-17H,6,9,13-15,18-19H2,1-2H3. The van der Waals surface area contributed by atoms with E-state index in [0.29, 0.717) is 24.9 Å². The third-order valence-electron chi connectivity index (χ3n) is 5.97. The summed E-state index contributed by atoms with van der Waals surface area (Å²) in [5, 5.41) is 2.56. The molecule has 8 heteroatoms. The van der Waals surface area contributed by atoms with E-state index in [2.05, 4.69) is 9.80 Å². The van der Waals surface area contributed by atoms with Gasteiger partial charge in [0.05, 0.1) is 11.9 Å². The normalized spacial score (nSPS) is 11.7. The summed E-state index contributed by atoms with van der Waals surface area (Å²) in [5.74, 6) is -0.886. The summed E-state index contributed by atoms with van der Waals surface area (Å²) in [7, 11) is 4.02. The molecule has 35 heavy (non-hydrogen) atoms. The van der Waals surface area contributed by atoms with Crippen LogP contribution in [0.5, 0.6) is 0 Å². The summed E-state index contributed by atoms with van der Waals surface area (Å²) >= 11 is 1.48. The Bertz CT molecular complexity index is 1320. The van der Waals surface area contributed by atoms with E-state index in [1.165, 1.54) is 23.5 Å². The van der Waals surface area contributed by atoms with Gasteiger partial charge in [0, 0.05) is 26.1 Å². The Morgan fingerprint density at radius 2 is 1.74 bits per heavy atom. The molecule has 184 valence electrons. The Balaban J connectivity index is 1.51. The Kier molecular flexibility index (Phi) is 8.38. The predicted octanol–water partition coefficient (Wildman–Crippen LogP) is 4.78. The van der Waals surface area contributed by atoms with E-state index in [0.717, 1.165) is 47.8 Å². The van der Waals surface area contributed by atoms with Crippen LogP contribution in [0.3, 0.4) is 0 Å². The van der Waals surface area contributed by atoms with Gasteiger partial charge in [-0.2, -0.15) is 0 Å². The van der Waals surface area contributed by atoms with Gasteiger partial charge >= 0.3 is 0 Å². The van der Waals surface area contributed by atoms with Crippen LogP contribution < -0.4 is 5.56 Å². The second kappa shape index (κ2) is 11.7. The second-order valence-electron chi connectivity index (χ2n) is 8.98. The predicted molar refractivity (Wildman–Crippen MR) is 138 cm³/mol. The van der Waals surface area contributed by atoms with E-state index in [9.17, 15) is 13.6 Å².